The Labute approximate surface area is 87.1 Å². The number of Topliss-reactive ketones (excluding diaryl/α,β-unsaturated/α-hetero) is 1. The van der Waals surface area contributed by atoms with E-state index in [0.29, 0.717) is 18.2 Å². The molecule has 1 aliphatic heterocycles. The van der Waals surface area contributed by atoms with Crippen LogP contribution in [0.2, 0.25) is 0 Å². The van der Waals surface area contributed by atoms with Gasteiger partial charge in [-0.2, -0.15) is 0 Å². The van der Waals surface area contributed by atoms with Crippen molar-refractivity contribution in [2.45, 2.75) is 26.8 Å². The average molecular weight is 208 g/mol. The lowest BCUT2D eigenvalue weighted by atomic mass is 10.3. The monoisotopic (exact) mass is 208 g/mol. The molecule has 80 valence electrons. The van der Waals surface area contributed by atoms with Crippen LogP contribution in [0.3, 0.4) is 0 Å². The third-order valence-corrected chi connectivity index (χ3v) is 2.40. The standard InChI is InChI=1S/C10H12N2O3/c1-6-9(15-7(2)11-6)5-12-4-8(13)3-10(12)14/h3-5H2,1-2H3. The molecule has 1 aromatic rings. The number of oxazole rings is 1. The van der Waals surface area contributed by atoms with Gasteiger partial charge in [0.1, 0.15) is 5.76 Å². The Morgan fingerprint density at radius 3 is 2.60 bits per heavy atom. The van der Waals surface area contributed by atoms with Gasteiger partial charge in [0.25, 0.3) is 0 Å². The van der Waals surface area contributed by atoms with E-state index in [0.717, 1.165) is 5.69 Å². The molecule has 1 aromatic heterocycles. The maximum Gasteiger partial charge on any atom is 0.230 e. The zero-order chi connectivity index (χ0) is 11.0. The Kier molecular flexibility index (Phi) is 2.30. The normalized spacial score (nSPS) is 16.5. The minimum Gasteiger partial charge on any atom is -0.444 e. The highest BCUT2D eigenvalue weighted by molar-refractivity contribution is 6.05. The fourth-order valence-corrected chi connectivity index (χ4v) is 1.68. The van der Waals surface area contributed by atoms with Gasteiger partial charge in [-0.15, -0.1) is 0 Å². The number of hydrogen-bond donors (Lipinski definition) is 0. The van der Waals surface area contributed by atoms with Crippen molar-refractivity contribution in [3.8, 4) is 0 Å². The molecular formula is C10H12N2O3. The molecule has 0 aromatic carbocycles. The Hall–Kier alpha value is -1.65. The number of aromatic nitrogens is 1. The van der Waals surface area contributed by atoms with Gasteiger partial charge in [0.2, 0.25) is 5.91 Å². The number of carbonyl (C=O) groups excluding carboxylic acids is 2. The van der Waals surface area contributed by atoms with Gasteiger partial charge in [-0.1, -0.05) is 0 Å². The molecule has 2 rings (SSSR count). The van der Waals surface area contributed by atoms with Crippen LogP contribution in [0.1, 0.15) is 23.8 Å². The molecule has 0 spiro atoms. The SMILES string of the molecule is Cc1nc(C)c(CN2CC(=O)CC2=O)o1. The minimum absolute atomic E-state index is 0.0200. The zero-order valence-electron chi connectivity index (χ0n) is 8.74. The Balaban J connectivity index is 2.12. The molecule has 5 heteroatoms. The Morgan fingerprint density at radius 2 is 2.13 bits per heavy atom. The molecule has 0 atom stereocenters. The zero-order valence-corrected chi connectivity index (χ0v) is 8.74. The van der Waals surface area contributed by atoms with Crippen LogP contribution in [-0.2, 0) is 16.1 Å². The molecule has 5 nitrogen and oxygen atoms in total. The van der Waals surface area contributed by atoms with Crippen molar-refractivity contribution in [1.29, 1.82) is 0 Å². The minimum atomic E-state index is -0.131. The topological polar surface area (TPSA) is 63.4 Å². The van der Waals surface area contributed by atoms with E-state index >= 15 is 0 Å². The highest BCUT2D eigenvalue weighted by Crippen LogP contribution is 2.15. The number of likely N-dealkylation sites (tertiary alicyclic amines) is 1. The lowest BCUT2D eigenvalue weighted by molar-refractivity contribution is -0.128. The van der Waals surface area contributed by atoms with E-state index in [1.54, 1.807) is 6.92 Å². The molecule has 0 N–H and O–H groups in total. The molecule has 0 saturated carbocycles. The first-order valence-corrected chi connectivity index (χ1v) is 4.78. The Morgan fingerprint density at radius 1 is 1.40 bits per heavy atom. The summed E-state index contributed by atoms with van der Waals surface area (Å²) in [6.07, 6.45) is 0.0200. The predicted molar refractivity (Wildman–Crippen MR) is 51.0 cm³/mol. The van der Waals surface area contributed by atoms with Gasteiger partial charge in [0.05, 0.1) is 25.2 Å². The van der Waals surface area contributed by atoms with Crippen LogP contribution in [0.4, 0.5) is 0 Å². The molecule has 1 fully saturated rings. The average Bonchev–Trinajstić information content (AvgIpc) is 2.58. The number of nitrogens with zero attached hydrogens (tertiary/aromatic N) is 2. The molecule has 15 heavy (non-hydrogen) atoms. The smallest absolute Gasteiger partial charge is 0.230 e. The van der Waals surface area contributed by atoms with Crippen molar-refractivity contribution in [3.05, 3.63) is 17.3 Å². The molecular weight excluding hydrogens is 196 g/mol. The molecule has 1 saturated heterocycles. The summed E-state index contributed by atoms with van der Waals surface area (Å²) >= 11 is 0. The van der Waals surface area contributed by atoms with Gasteiger partial charge < -0.3 is 9.32 Å². The van der Waals surface area contributed by atoms with E-state index in [1.165, 1.54) is 4.90 Å². The molecule has 0 aliphatic carbocycles. The first kappa shape index (κ1) is 9.89. The van der Waals surface area contributed by atoms with E-state index in [-0.39, 0.29) is 24.7 Å². The summed E-state index contributed by atoms with van der Waals surface area (Å²) in [4.78, 5) is 28.0. The predicted octanol–water partition coefficient (Wildman–Crippen LogP) is 0.593. The lowest BCUT2D eigenvalue weighted by Gasteiger charge is -2.12. The van der Waals surface area contributed by atoms with Gasteiger partial charge in [0.15, 0.2) is 11.7 Å². The highest BCUT2D eigenvalue weighted by atomic mass is 16.4. The summed E-state index contributed by atoms with van der Waals surface area (Å²) in [6, 6.07) is 0. The summed E-state index contributed by atoms with van der Waals surface area (Å²) in [5.41, 5.74) is 0.777. The molecule has 2 heterocycles. The molecule has 0 bridgehead atoms. The lowest BCUT2D eigenvalue weighted by Crippen LogP contribution is -2.24. The second-order valence-electron chi connectivity index (χ2n) is 3.71. The number of hydrogen-bond acceptors (Lipinski definition) is 4. The van der Waals surface area contributed by atoms with E-state index in [2.05, 4.69) is 4.98 Å². The Bertz CT molecular complexity index is 422. The van der Waals surface area contributed by atoms with Crippen LogP contribution < -0.4 is 0 Å². The number of ketones is 1. The van der Waals surface area contributed by atoms with E-state index < -0.39 is 0 Å². The number of amides is 1. The highest BCUT2D eigenvalue weighted by Gasteiger charge is 2.28. The third kappa shape index (κ3) is 1.91. The molecule has 0 radical (unpaired) electrons. The van der Waals surface area contributed by atoms with Gasteiger partial charge in [0, 0.05) is 6.92 Å². The molecule has 0 unspecified atom stereocenters. The molecule has 1 aliphatic rings. The van der Waals surface area contributed by atoms with Crippen LogP contribution in [-0.4, -0.2) is 28.1 Å². The van der Waals surface area contributed by atoms with Crippen molar-refractivity contribution in [2.24, 2.45) is 0 Å². The van der Waals surface area contributed by atoms with Crippen LogP contribution in [0, 0.1) is 13.8 Å². The second kappa shape index (κ2) is 3.49. The maximum atomic E-state index is 11.4. The quantitative estimate of drug-likeness (QED) is 0.667. The van der Waals surface area contributed by atoms with Gasteiger partial charge in [-0.05, 0) is 6.92 Å². The van der Waals surface area contributed by atoms with Crippen molar-refractivity contribution >= 4 is 11.7 Å². The van der Waals surface area contributed by atoms with Gasteiger partial charge in [-0.3, -0.25) is 9.59 Å². The fraction of sp³-hybridized carbons (Fsp3) is 0.500. The summed E-state index contributed by atoms with van der Waals surface area (Å²) in [5.74, 6) is 1.08. The molecule has 1 amide bonds. The summed E-state index contributed by atoms with van der Waals surface area (Å²) in [6.45, 7) is 4.12. The maximum absolute atomic E-state index is 11.4. The van der Waals surface area contributed by atoms with E-state index in [4.69, 9.17) is 4.42 Å². The van der Waals surface area contributed by atoms with Crippen LogP contribution >= 0.6 is 0 Å². The van der Waals surface area contributed by atoms with Crippen LogP contribution in [0.5, 0.6) is 0 Å². The van der Waals surface area contributed by atoms with Crippen molar-refractivity contribution in [3.63, 3.8) is 0 Å². The van der Waals surface area contributed by atoms with Gasteiger partial charge in [-0.25, -0.2) is 4.98 Å². The first-order chi connectivity index (χ1) is 7.06. The summed E-state index contributed by atoms with van der Waals surface area (Å²) in [7, 11) is 0. The number of rotatable bonds is 2. The van der Waals surface area contributed by atoms with E-state index in [1.807, 2.05) is 6.92 Å². The number of aryl methyl sites for hydroxylation is 2. The fourth-order valence-electron chi connectivity index (χ4n) is 1.68. The summed E-state index contributed by atoms with van der Waals surface area (Å²) < 4.78 is 5.34. The second-order valence-corrected chi connectivity index (χ2v) is 3.71. The van der Waals surface area contributed by atoms with Crippen LogP contribution in [0.15, 0.2) is 4.42 Å². The first-order valence-electron chi connectivity index (χ1n) is 4.78. The largest absolute Gasteiger partial charge is 0.444 e. The summed E-state index contributed by atoms with van der Waals surface area (Å²) in [5, 5.41) is 0. The number of carbonyl (C=O) groups is 2. The third-order valence-electron chi connectivity index (χ3n) is 2.40. The van der Waals surface area contributed by atoms with Crippen molar-refractivity contribution in [2.75, 3.05) is 6.54 Å². The van der Waals surface area contributed by atoms with Crippen LogP contribution in [0.25, 0.3) is 0 Å². The van der Waals surface area contributed by atoms with Gasteiger partial charge >= 0.3 is 0 Å². The van der Waals surface area contributed by atoms with E-state index in [9.17, 15) is 9.59 Å². The van der Waals surface area contributed by atoms with Crippen molar-refractivity contribution in [1.82, 2.24) is 9.88 Å². The van der Waals surface area contributed by atoms with Crippen molar-refractivity contribution < 1.29 is 14.0 Å².